The molecule has 0 fully saturated rings. The highest BCUT2D eigenvalue weighted by Gasteiger charge is 2.17. The minimum atomic E-state index is -0.256. The van der Waals surface area contributed by atoms with E-state index >= 15 is 0 Å². The van der Waals surface area contributed by atoms with Gasteiger partial charge in [-0.3, -0.25) is 4.79 Å². The Kier molecular flexibility index (Phi) is 11.9. The standard InChI is InChI=1S/C20H34N4O3.HI/c1-8-21-19(24(6)14-18(25)23-20(3,4)5)22-13-15(2)27-17-11-9-16(26-7)10-12-17;/h9-12,15H,8,13-14H2,1-7H3,(H,21,22)(H,23,25);1H. The van der Waals surface area contributed by atoms with E-state index in [1.807, 2.05) is 70.8 Å². The molecule has 0 bridgehead atoms. The number of carbonyl (C=O) groups excluding carboxylic acids is 1. The first-order valence-electron chi connectivity index (χ1n) is 9.25. The molecule has 1 unspecified atom stereocenters. The van der Waals surface area contributed by atoms with Gasteiger partial charge in [0.1, 0.15) is 17.6 Å². The molecule has 1 amide bonds. The van der Waals surface area contributed by atoms with Gasteiger partial charge in [-0.05, 0) is 58.9 Å². The van der Waals surface area contributed by atoms with Gasteiger partial charge in [0.2, 0.25) is 5.91 Å². The van der Waals surface area contributed by atoms with Crippen molar-refractivity contribution < 1.29 is 14.3 Å². The number of likely N-dealkylation sites (N-methyl/N-ethyl adjacent to an activating group) is 1. The van der Waals surface area contributed by atoms with Crippen molar-refractivity contribution in [3.05, 3.63) is 24.3 Å². The van der Waals surface area contributed by atoms with Crippen molar-refractivity contribution in [3.63, 3.8) is 0 Å². The Balaban J connectivity index is 0.00000729. The van der Waals surface area contributed by atoms with Gasteiger partial charge in [-0.1, -0.05) is 0 Å². The molecule has 0 aliphatic rings. The molecule has 1 rings (SSSR count). The summed E-state index contributed by atoms with van der Waals surface area (Å²) in [6.07, 6.45) is -0.108. The van der Waals surface area contributed by atoms with Crippen LogP contribution < -0.4 is 20.1 Å². The van der Waals surface area contributed by atoms with Crippen molar-refractivity contribution in [1.82, 2.24) is 15.5 Å². The average molecular weight is 506 g/mol. The maximum absolute atomic E-state index is 12.1. The van der Waals surface area contributed by atoms with E-state index in [4.69, 9.17) is 9.47 Å². The Bertz CT molecular complexity index is 615. The Hall–Kier alpha value is -1.71. The van der Waals surface area contributed by atoms with Crippen LogP contribution in [-0.4, -0.2) is 62.2 Å². The molecule has 0 saturated carbocycles. The maximum atomic E-state index is 12.1. The van der Waals surface area contributed by atoms with Crippen LogP contribution >= 0.6 is 24.0 Å². The number of ether oxygens (including phenoxy) is 2. The summed E-state index contributed by atoms with van der Waals surface area (Å²) in [6, 6.07) is 7.45. The highest BCUT2D eigenvalue weighted by atomic mass is 127. The lowest BCUT2D eigenvalue weighted by atomic mass is 10.1. The molecule has 1 aromatic rings. The van der Waals surface area contributed by atoms with E-state index in [9.17, 15) is 4.79 Å². The van der Waals surface area contributed by atoms with Crippen molar-refractivity contribution in [1.29, 1.82) is 0 Å². The molecule has 8 heteroatoms. The molecule has 1 atom stereocenters. The number of rotatable bonds is 8. The van der Waals surface area contributed by atoms with E-state index in [-0.39, 0.29) is 48.1 Å². The normalized spacial score (nSPS) is 12.5. The van der Waals surface area contributed by atoms with Crippen LogP contribution in [-0.2, 0) is 4.79 Å². The summed E-state index contributed by atoms with van der Waals surface area (Å²) in [5.41, 5.74) is -0.256. The van der Waals surface area contributed by atoms with Gasteiger partial charge >= 0.3 is 0 Å². The van der Waals surface area contributed by atoms with E-state index in [1.54, 1.807) is 7.11 Å². The molecule has 0 spiro atoms. The smallest absolute Gasteiger partial charge is 0.240 e. The summed E-state index contributed by atoms with van der Waals surface area (Å²) in [7, 11) is 3.48. The van der Waals surface area contributed by atoms with Gasteiger partial charge in [0, 0.05) is 19.1 Å². The third-order valence-corrected chi connectivity index (χ3v) is 3.49. The van der Waals surface area contributed by atoms with Gasteiger partial charge in [-0.25, -0.2) is 4.99 Å². The van der Waals surface area contributed by atoms with Crippen LogP contribution in [0.25, 0.3) is 0 Å². The number of hydrogen-bond acceptors (Lipinski definition) is 4. The fourth-order valence-corrected chi connectivity index (χ4v) is 2.36. The number of methoxy groups -OCH3 is 1. The molecule has 160 valence electrons. The van der Waals surface area contributed by atoms with Gasteiger partial charge in [0.25, 0.3) is 0 Å². The second kappa shape index (κ2) is 12.7. The van der Waals surface area contributed by atoms with E-state index < -0.39 is 0 Å². The topological polar surface area (TPSA) is 75.2 Å². The zero-order valence-electron chi connectivity index (χ0n) is 18.0. The van der Waals surface area contributed by atoms with E-state index in [1.165, 1.54) is 0 Å². The molecule has 0 radical (unpaired) electrons. The van der Waals surface area contributed by atoms with Crippen LogP contribution in [0.3, 0.4) is 0 Å². The minimum absolute atomic E-state index is 0. The number of amides is 1. The fraction of sp³-hybridized carbons (Fsp3) is 0.600. The SMILES string of the molecule is CCNC(=NCC(C)Oc1ccc(OC)cc1)N(C)CC(=O)NC(C)(C)C.I. The van der Waals surface area contributed by atoms with E-state index in [2.05, 4.69) is 15.6 Å². The predicted molar refractivity (Wildman–Crippen MR) is 125 cm³/mol. The second-order valence-electron chi connectivity index (χ2n) is 7.45. The molecular weight excluding hydrogens is 471 g/mol. The molecule has 0 aliphatic carbocycles. The molecule has 0 aliphatic heterocycles. The van der Waals surface area contributed by atoms with E-state index in [0.717, 1.165) is 18.0 Å². The van der Waals surface area contributed by atoms with Gasteiger partial charge in [0.05, 0.1) is 20.2 Å². The summed E-state index contributed by atoms with van der Waals surface area (Å²) >= 11 is 0. The summed E-state index contributed by atoms with van der Waals surface area (Å²) in [5, 5.41) is 6.16. The van der Waals surface area contributed by atoms with Crippen molar-refractivity contribution >= 4 is 35.8 Å². The Morgan fingerprint density at radius 1 is 1.21 bits per heavy atom. The quantitative estimate of drug-likeness (QED) is 0.322. The molecule has 1 aromatic carbocycles. The number of hydrogen-bond donors (Lipinski definition) is 2. The first-order valence-corrected chi connectivity index (χ1v) is 9.25. The lowest BCUT2D eigenvalue weighted by Crippen LogP contribution is -2.49. The number of benzene rings is 1. The van der Waals surface area contributed by atoms with Gasteiger partial charge in [0.15, 0.2) is 5.96 Å². The highest BCUT2D eigenvalue weighted by molar-refractivity contribution is 14.0. The van der Waals surface area contributed by atoms with Crippen LogP contribution in [0.2, 0.25) is 0 Å². The minimum Gasteiger partial charge on any atom is -0.497 e. The van der Waals surface area contributed by atoms with Crippen LogP contribution in [0.15, 0.2) is 29.3 Å². The lowest BCUT2D eigenvalue weighted by molar-refractivity contribution is -0.122. The van der Waals surface area contributed by atoms with Crippen molar-refractivity contribution in [2.45, 2.75) is 46.3 Å². The van der Waals surface area contributed by atoms with Crippen LogP contribution in [0.5, 0.6) is 11.5 Å². The number of guanidine groups is 1. The summed E-state index contributed by atoms with van der Waals surface area (Å²) in [4.78, 5) is 18.5. The average Bonchev–Trinajstić information content (AvgIpc) is 2.57. The fourth-order valence-electron chi connectivity index (χ4n) is 2.36. The first kappa shape index (κ1) is 26.3. The molecule has 2 N–H and O–H groups in total. The maximum Gasteiger partial charge on any atom is 0.240 e. The zero-order chi connectivity index (χ0) is 20.4. The van der Waals surface area contributed by atoms with Crippen molar-refractivity contribution in [2.24, 2.45) is 4.99 Å². The van der Waals surface area contributed by atoms with Crippen LogP contribution in [0.1, 0.15) is 34.6 Å². The summed E-state index contributed by atoms with van der Waals surface area (Å²) in [5.74, 6) is 2.18. The Morgan fingerprint density at radius 3 is 2.29 bits per heavy atom. The highest BCUT2D eigenvalue weighted by Crippen LogP contribution is 2.18. The number of aliphatic imine (C=N–C) groups is 1. The third kappa shape index (κ3) is 10.6. The zero-order valence-corrected chi connectivity index (χ0v) is 20.4. The number of carbonyl (C=O) groups is 1. The number of nitrogens with zero attached hydrogens (tertiary/aromatic N) is 2. The lowest BCUT2D eigenvalue weighted by Gasteiger charge is -2.25. The summed E-state index contributed by atoms with van der Waals surface area (Å²) < 4.78 is 11.0. The van der Waals surface area contributed by atoms with Crippen LogP contribution in [0.4, 0.5) is 0 Å². The molecule has 7 nitrogen and oxygen atoms in total. The van der Waals surface area contributed by atoms with E-state index in [0.29, 0.717) is 12.5 Å². The van der Waals surface area contributed by atoms with Gasteiger partial charge in [-0.15, -0.1) is 24.0 Å². The van der Waals surface area contributed by atoms with Gasteiger partial charge in [-0.2, -0.15) is 0 Å². The largest absolute Gasteiger partial charge is 0.497 e. The monoisotopic (exact) mass is 506 g/mol. The Labute approximate surface area is 186 Å². The molecule has 28 heavy (non-hydrogen) atoms. The third-order valence-electron chi connectivity index (χ3n) is 3.49. The van der Waals surface area contributed by atoms with Gasteiger partial charge < -0.3 is 25.0 Å². The molecular formula is C20H35IN4O3. The molecule has 0 saturated heterocycles. The number of nitrogens with one attached hydrogen (secondary N) is 2. The number of halogens is 1. The van der Waals surface area contributed by atoms with Crippen molar-refractivity contribution in [3.8, 4) is 11.5 Å². The predicted octanol–water partition coefficient (Wildman–Crippen LogP) is 2.89. The van der Waals surface area contributed by atoms with Crippen molar-refractivity contribution in [2.75, 3.05) is 33.8 Å². The molecule has 0 heterocycles. The Morgan fingerprint density at radius 2 is 1.79 bits per heavy atom. The summed E-state index contributed by atoms with van der Waals surface area (Å²) in [6.45, 7) is 11.3. The molecule has 0 aromatic heterocycles. The van der Waals surface area contributed by atoms with Crippen LogP contribution in [0, 0.1) is 0 Å². The second-order valence-corrected chi connectivity index (χ2v) is 7.45. The first-order chi connectivity index (χ1) is 12.6.